The maximum absolute atomic E-state index is 9.35. The number of nitrogens with zero attached hydrogens (tertiary/aromatic N) is 2. The summed E-state index contributed by atoms with van der Waals surface area (Å²) in [5.41, 5.74) is 2.59. The Bertz CT molecular complexity index is 506. The van der Waals surface area contributed by atoms with Gasteiger partial charge in [0.2, 0.25) is 0 Å². The minimum Gasteiger partial charge on any atom is -0.392 e. The maximum atomic E-state index is 9.35. The highest BCUT2D eigenvalue weighted by Crippen LogP contribution is 2.40. The SMILES string of the molecule is N#Cc1cc(CO)ccc1N1CCCC2CCCC21. The first-order chi connectivity index (χ1) is 9.33. The topological polar surface area (TPSA) is 47.3 Å². The molecule has 3 nitrogen and oxygen atoms in total. The molecule has 3 heteroatoms. The van der Waals surface area contributed by atoms with Crippen LogP contribution in [0, 0.1) is 17.2 Å². The predicted molar refractivity (Wildman–Crippen MR) is 74.8 cm³/mol. The molecule has 100 valence electrons. The lowest BCUT2D eigenvalue weighted by Gasteiger charge is -2.40. The van der Waals surface area contributed by atoms with Gasteiger partial charge in [-0.25, -0.2) is 0 Å². The van der Waals surface area contributed by atoms with Crippen LogP contribution in [0.2, 0.25) is 0 Å². The summed E-state index contributed by atoms with van der Waals surface area (Å²) in [5.74, 6) is 0.817. The molecule has 3 rings (SSSR count). The van der Waals surface area contributed by atoms with Crippen molar-refractivity contribution >= 4 is 5.69 Å². The van der Waals surface area contributed by atoms with Crippen molar-refractivity contribution in [2.45, 2.75) is 44.8 Å². The fourth-order valence-electron chi connectivity index (χ4n) is 3.77. The van der Waals surface area contributed by atoms with Crippen LogP contribution in [0.3, 0.4) is 0 Å². The minimum absolute atomic E-state index is 0.00101. The third kappa shape index (κ3) is 2.21. The Labute approximate surface area is 114 Å². The van der Waals surface area contributed by atoms with E-state index in [1.165, 1.54) is 32.1 Å². The first kappa shape index (κ1) is 12.5. The molecule has 1 aromatic rings. The van der Waals surface area contributed by atoms with Gasteiger partial charge in [0.15, 0.2) is 0 Å². The molecule has 0 amide bonds. The van der Waals surface area contributed by atoms with Gasteiger partial charge in [0, 0.05) is 12.6 Å². The van der Waals surface area contributed by atoms with Gasteiger partial charge in [-0.1, -0.05) is 12.5 Å². The first-order valence-corrected chi connectivity index (χ1v) is 7.24. The van der Waals surface area contributed by atoms with E-state index >= 15 is 0 Å². The Morgan fingerprint density at radius 3 is 2.89 bits per heavy atom. The van der Waals surface area contributed by atoms with Crippen LogP contribution >= 0.6 is 0 Å². The molecule has 2 unspecified atom stereocenters. The van der Waals surface area contributed by atoms with E-state index in [0.717, 1.165) is 23.7 Å². The summed E-state index contributed by atoms with van der Waals surface area (Å²) in [6.45, 7) is 1.06. The first-order valence-electron chi connectivity index (χ1n) is 7.24. The summed E-state index contributed by atoms with van der Waals surface area (Å²) in [7, 11) is 0. The van der Waals surface area contributed by atoms with Crippen LogP contribution in [0.1, 0.15) is 43.2 Å². The van der Waals surface area contributed by atoms with Crippen LogP contribution in [0.5, 0.6) is 0 Å². The second kappa shape index (κ2) is 5.22. The largest absolute Gasteiger partial charge is 0.392 e. The van der Waals surface area contributed by atoms with Gasteiger partial charge in [-0.05, 0) is 49.3 Å². The second-order valence-electron chi connectivity index (χ2n) is 5.72. The quantitative estimate of drug-likeness (QED) is 0.885. The van der Waals surface area contributed by atoms with Crippen molar-refractivity contribution in [1.82, 2.24) is 0 Å². The smallest absolute Gasteiger partial charge is 0.101 e. The van der Waals surface area contributed by atoms with Crippen LogP contribution in [0.15, 0.2) is 18.2 Å². The molecule has 2 aliphatic rings. The molecule has 1 N–H and O–H groups in total. The van der Waals surface area contributed by atoms with Crippen molar-refractivity contribution in [3.63, 3.8) is 0 Å². The summed E-state index contributed by atoms with van der Waals surface area (Å²) in [6.07, 6.45) is 6.50. The van der Waals surface area contributed by atoms with Crippen LogP contribution < -0.4 is 4.90 Å². The predicted octanol–water partition coefficient (Wildman–Crippen LogP) is 2.82. The van der Waals surface area contributed by atoms with E-state index in [-0.39, 0.29) is 6.61 Å². The van der Waals surface area contributed by atoms with Gasteiger partial charge in [-0.2, -0.15) is 5.26 Å². The third-order valence-electron chi connectivity index (χ3n) is 4.67. The molecule has 1 saturated heterocycles. The number of nitriles is 1. The van der Waals surface area contributed by atoms with Crippen LogP contribution in [-0.4, -0.2) is 17.7 Å². The Kier molecular flexibility index (Phi) is 3.44. The van der Waals surface area contributed by atoms with E-state index in [1.54, 1.807) is 0 Å². The molecule has 1 aliphatic heterocycles. The van der Waals surface area contributed by atoms with Gasteiger partial charge >= 0.3 is 0 Å². The minimum atomic E-state index is 0.00101. The van der Waals surface area contributed by atoms with Crippen LogP contribution in [0.25, 0.3) is 0 Å². The van der Waals surface area contributed by atoms with E-state index in [1.807, 2.05) is 18.2 Å². The molecule has 1 aliphatic carbocycles. The molecule has 0 radical (unpaired) electrons. The number of fused-ring (bicyclic) bond motifs is 1. The monoisotopic (exact) mass is 256 g/mol. The fourth-order valence-corrected chi connectivity index (χ4v) is 3.77. The normalized spacial score (nSPS) is 26.0. The summed E-state index contributed by atoms with van der Waals surface area (Å²) in [5, 5.41) is 18.5. The lowest BCUT2D eigenvalue weighted by molar-refractivity contribution is 0.282. The molecule has 2 fully saturated rings. The summed E-state index contributed by atoms with van der Waals surface area (Å²) < 4.78 is 0. The summed E-state index contributed by atoms with van der Waals surface area (Å²) >= 11 is 0. The zero-order valence-corrected chi connectivity index (χ0v) is 11.2. The standard InChI is InChI=1S/C16H20N2O/c17-10-14-9-12(11-19)6-7-16(14)18-8-2-4-13-3-1-5-15(13)18/h6-7,9,13,15,19H,1-5,8,11H2. The number of aliphatic hydroxyl groups excluding tert-OH is 1. The van der Waals surface area contributed by atoms with Crippen LogP contribution in [-0.2, 0) is 6.61 Å². The second-order valence-corrected chi connectivity index (χ2v) is 5.72. The molecular weight excluding hydrogens is 236 g/mol. The number of benzene rings is 1. The molecule has 0 aromatic heterocycles. The lowest BCUT2D eigenvalue weighted by atomic mass is 9.91. The number of hydrogen-bond acceptors (Lipinski definition) is 3. The van der Waals surface area contributed by atoms with E-state index in [4.69, 9.17) is 0 Å². The molecule has 19 heavy (non-hydrogen) atoms. The van der Waals surface area contributed by atoms with Gasteiger partial charge in [-0.15, -0.1) is 0 Å². The Morgan fingerprint density at radius 2 is 2.11 bits per heavy atom. The average Bonchev–Trinajstić information content (AvgIpc) is 2.95. The van der Waals surface area contributed by atoms with Gasteiger partial charge < -0.3 is 10.0 Å². The number of rotatable bonds is 2. The van der Waals surface area contributed by atoms with Gasteiger partial charge in [-0.3, -0.25) is 0 Å². The highest BCUT2D eigenvalue weighted by atomic mass is 16.3. The van der Waals surface area contributed by atoms with Crippen molar-refractivity contribution in [1.29, 1.82) is 5.26 Å². The molecule has 0 bridgehead atoms. The van der Waals surface area contributed by atoms with E-state index in [9.17, 15) is 10.4 Å². The Morgan fingerprint density at radius 1 is 1.26 bits per heavy atom. The molecule has 1 saturated carbocycles. The maximum Gasteiger partial charge on any atom is 0.101 e. The van der Waals surface area contributed by atoms with E-state index < -0.39 is 0 Å². The van der Waals surface area contributed by atoms with Gasteiger partial charge in [0.05, 0.1) is 17.9 Å². The van der Waals surface area contributed by atoms with E-state index in [2.05, 4.69) is 11.0 Å². The van der Waals surface area contributed by atoms with Crippen molar-refractivity contribution in [3.8, 4) is 6.07 Å². The number of anilines is 1. The Hall–Kier alpha value is -1.53. The number of aliphatic hydroxyl groups is 1. The van der Waals surface area contributed by atoms with Gasteiger partial charge in [0.25, 0.3) is 0 Å². The average molecular weight is 256 g/mol. The number of piperidine rings is 1. The molecule has 0 spiro atoms. The zero-order chi connectivity index (χ0) is 13.2. The van der Waals surface area contributed by atoms with Crippen molar-refractivity contribution < 1.29 is 5.11 Å². The molecule has 1 aromatic carbocycles. The van der Waals surface area contributed by atoms with Crippen molar-refractivity contribution in [2.75, 3.05) is 11.4 Å². The highest BCUT2D eigenvalue weighted by Gasteiger charge is 2.35. The Balaban J connectivity index is 1.94. The lowest BCUT2D eigenvalue weighted by Crippen LogP contribution is -2.43. The number of hydrogen-bond donors (Lipinski definition) is 1. The van der Waals surface area contributed by atoms with Crippen molar-refractivity contribution in [3.05, 3.63) is 29.3 Å². The summed E-state index contributed by atoms with van der Waals surface area (Å²) in [4.78, 5) is 2.45. The summed E-state index contributed by atoms with van der Waals surface area (Å²) in [6, 6.07) is 8.71. The van der Waals surface area contributed by atoms with Gasteiger partial charge in [0.1, 0.15) is 6.07 Å². The zero-order valence-electron chi connectivity index (χ0n) is 11.2. The molecular formula is C16H20N2O. The highest BCUT2D eigenvalue weighted by molar-refractivity contribution is 5.61. The van der Waals surface area contributed by atoms with E-state index in [0.29, 0.717) is 11.6 Å². The fraction of sp³-hybridized carbons (Fsp3) is 0.562. The molecule has 2 atom stereocenters. The van der Waals surface area contributed by atoms with Crippen LogP contribution in [0.4, 0.5) is 5.69 Å². The van der Waals surface area contributed by atoms with Crippen molar-refractivity contribution in [2.24, 2.45) is 5.92 Å². The third-order valence-corrected chi connectivity index (χ3v) is 4.67. The molecule has 1 heterocycles.